The van der Waals surface area contributed by atoms with Gasteiger partial charge in [-0.25, -0.2) is 9.18 Å². The topological polar surface area (TPSA) is 23.6 Å². The van der Waals surface area contributed by atoms with Gasteiger partial charge < -0.3 is 9.80 Å². The number of halogens is 7. The molecule has 2 aromatic carbocycles. The molecule has 0 unspecified atom stereocenters. The second kappa shape index (κ2) is 11.8. The summed E-state index contributed by atoms with van der Waals surface area (Å²) in [5.74, 6) is -0.385. The van der Waals surface area contributed by atoms with Gasteiger partial charge in [0.25, 0.3) is 0 Å². The van der Waals surface area contributed by atoms with E-state index in [1.807, 2.05) is 11.8 Å². The summed E-state index contributed by atoms with van der Waals surface area (Å²) in [6.45, 7) is 6.30. The largest absolute Gasteiger partial charge is 0.416 e. The monoisotopic (exact) mass is 564 g/mol. The fourth-order valence-electron chi connectivity index (χ4n) is 4.75. The average molecular weight is 565 g/mol. The van der Waals surface area contributed by atoms with Crippen molar-refractivity contribution in [1.82, 2.24) is 9.80 Å². The lowest BCUT2D eigenvalue weighted by Crippen LogP contribution is -2.48. The smallest absolute Gasteiger partial charge is 0.327 e. The van der Waals surface area contributed by atoms with E-state index in [0.717, 1.165) is 12.0 Å². The third kappa shape index (κ3) is 7.57. The van der Waals surface area contributed by atoms with E-state index >= 15 is 0 Å². The van der Waals surface area contributed by atoms with Crippen molar-refractivity contribution in [3.63, 3.8) is 0 Å². The first-order chi connectivity index (χ1) is 17.6. The molecule has 1 aliphatic heterocycles. The van der Waals surface area contributed by atoms with Gasteiger partial charge in [0.05, 0.1) is 17.2 Å². The first-order valence-corrected chi connectivity index (χ1v) is 13.2. The molecule has 11 heteroatoms. The molecular formula is C27H31F7N2OS. The Morgan fingerprint density at radius 3 is 2.18 bits per heavy atom. The van der Waals surface area contributed by atoms with Gasteiger partial charge in [-0.3, -0.25) is 0 Å². The molecule has 2 aromatic rings. The van der Waals surface area contributed by atoms with Crippen molar-refractivity contribution in [3.05, 3.63) is 70.0 Å². The normalized spacial score (nSPS) is 18.7. The summed E-state index contributed by atoms with van der Waals surface area (Å²) in [4.78, 5) is 16.5. The number of benzene rings is 2. The van der Waals surface area contributed by atoms with Crippen molar-refractivity contribution >= 4 is 17.8 Å². The number of urea groups is 1. The molecule has 0 bridgehead atoms. The number of piperidine rings is 1. The number of hydrogen-bond acceptors (Lipinski definition) is 2. The van der Waals surface area contributed by atoms with Gasteiger partial charge in [-0.1, -0.05) is 19.9 Å². The summed E-state index contributed by atoms with van der Waals surface area (Å²) in [7, 11) is 1.48. The lowest BCUT2D eigenvalue weighted by atomic mass is 9.92. The first-order valence-electron chi connectivity index (χ1n) is 12.3. The maximum absolute atomic E-state index is 13.8. The van der Waals surface area contributed by atoms with E-state index in [1.165, 1.54) is 24.1 Å². The molecule has 210 valence electrons. The predicted octanol–water partition coefficient (Wildman–Crippen LogP) is 8.11. The van der Waals surface area contributed by atoms with Crippen LogP contribution >= 0.6 is 11.8 Å². The van der Waals surface area contributed by atoms with Gasteiger partial charge in [0.1, 0.15) is 5.82 Å². The molecule has 0 radical (unpaired) electrons. The Morgan fingerprint density at radius 2 is 1.66 bits per heavy atom. The van der Waals surface area contributed by atoms with Crippen LogP contribution in [0.2, 0.25) is 0 Å². The number of carbonyl (C=O) groups is 1. The Kier molecular flexibility index (Phi) is 9.32. The van der Waals surface area contributed by atoms with Crippen LogP contribution < -0.4 is 0 Å². The number of likely N-dealkylation sites (tertiary alicyclic amines) is 1. The third-order valence-corrected chi connectivity index (χ3v) is 7.92. The number of amides is 2. The number of aryl methyl sites for hydroxylation is 1. The molecule has 38 heavy (non-hydrogen) atoms. The molecule has 0 aromatic heterocycles. The van der Waals surface area contributed by atoms with Crippen molar-refractivity contribution in [2.45, 2.75) is 68.9 Å². The van der Waals surface area contributed by atoms with E-state index < -0.39 is 23.5 Å². The highest BCUT2D eigenvalue weighted by molar-refractivity contribution is 8.00. The average Bonchev–Trinajstić information content (AvgIpc) is 2.80. The molecule has 0 aliphatic carbocycles. The lowest BCUT2D eigenvalue weighted by molar-refractivity contribution is -0.143. The number of carbonyl (C=O) groups excluding carboxylic acids is 1. The van der Waals surface area contributed by atoms with Crippen LogP contribution in [0.4, 0.5) is 35.5 Å². The van der Waals surface area contributed by atoms with Crippen LogP contribution in [0.25, 0.3) is 0 Å². The number of nitrogens with zero attached hydrogens (tertiary/aromatic N) is 2. The zero-order valence-electron chi connectivity index (χ0n) is 21.6. The Labute approximate surface area is 222 Å². The van der Waals surface area contributed by atoms with Crippen LogP contribution in [-0.4, -0.2) is 46.5 Å². The minimum absolute atomic E-state index is 0.0762. The van der Waals surface area contributed by atoms with E-state index in [4.69, 9.17) is 0 Å². The molecule has 2 atom stereocenters. The van der Waals surface area contributed by atoms with E-state index in [0.29, 0.717) is 35.9 Å². The van der Waals surface area contributed by atoms with Crippen LogP contribution in [0.1, 0.15) is 60.5 Å². The molecule has 0 spiro atoms. The van der Waals surface area contributed by atoms with Gasteiger partial charge >= 0.3 is 18.4 Å². The minimum atomic E-state index is -4.93. The van der Waals surface area contributed by atoms with Gasteiger partial charge in [-0.15, -0.1) is 0 Å². The number of thioether (sulfide) groups is 1. The highest BCUT2D eigenvalue weighted by Crippen LogP contribution is 2.40. The molecule has 0 saturated carbocycles. The molecule has 3 nitrogen and oxygen atoms in total. The Balaban J connectivity index is 1.81. The Morgan fingerprint density at radius 1 is 1.05 bits per heavy atom. The second-order valence-corrected chi connectivity index (χ2v) is 11.8. The predicted molar refractivity (Wildman–Crippen MR) is 135 cm³/mol. The van der Waals surface area contributed by atoms with Crippen molar-refractivity contribution in [2.24, 2.45) is 0 Å². The van der Waals surface area contributed by atoms with Gasteiger partial charge in [0.2, 0.25) is 0 Å². The summed E-state index contributed by atoms with van der Waals surface area (Å²) in [6.07, 6.45) is -8.67. The maximum Gasteiger partial charge on any atom is 0.416 e. The van der Waals surface area contributed by atoms with Crippen molar-refractivity contribution in [3.8, 4) is 0 Å². The zero-order chi connectivity index (χ0) is 28.4. The van der Waals surface area contributed by atoms with Crippen LogP contribution in [0.15, 0.2) is 36.4 Å². The zero-order valence-corrected chi connectivity index (χ0v) is 22.4. The van der Waals surface area contributed by atoms with Crippen LogP contribution in [0.5, 0.6) is 0 Å². The maximum atomic E-state index is 13.8. The van der Waals surface area contributed by atoms with E-state index in [9.17, 15) is 35.5 Å². The molecule has 1 saturated heterocycles. The molecule has 1 fully saturated rings. The minimum Gasteiger partial charge on any atom is -0.327 e. The number of rotatable bonds is 6. The second-order valence-electron chi connectivity index (χ2n) is 9.91. The molecule has 0 N–H and O–H groups in total. The van der Waals surface area contributed by atoms with E-state index in [2.05, 4.69) is 13.8 Å². The van der Waals surface area contributed by atoms with E-state index in [-0.39, 0.29) is 47.7 Å². The van der Waals surface area contributed by atoms with Crippen LogP contribution in [0.3, 0.4) is 0 Å². The van der Waals surface area contributed by atoms with Crippen molar-refractivity contribution in [2.75, 3.05) is 20.1 Å². The third-order valence-electron chi connectivity index (χ3n) is 6.57. The molecule has 1 heterocycles. The standard InChI is InChI=1S/C27H31F7N2OS/c1-16(2)38-22-8-10-36(24(15-22)23-6-5-21(28)11-17(23)3)25(37)35(4)9-7-18-12-19(26(29,30)31)14-20(13-18)27(32,33)34/h5-6,11-14,16,22,24H,7-10,15H2,1-4H3/t22-,24+/m0/s1. The highest BCUT2D eigenvalue weighted by Gasteiger charge is 2.38. The first kappa shape index (κ1) is 30.1. The van der Waals surface area contributed by atoms with Gasteiger partial charge in [0, 0.05) is 25.4 Å². The van der Waals surface area contributed by atoms with Gasteiger partial charge in [-0.05, 0) is 78.5 Å². The number of alkyl halides is 6. The molecule has 3 rings (SSSR count). The molecule has 2 amide bonds. The van der Waals surface area contributed by atoms with Crippen molar-refractivity contribution < 1.29 is 35.5 Å². The summed E-state index contributed by atoms with van der Waals surface area (Å²) < 4.78 is 93.1. The summed E-state index contributed by atoms with van der Waals surface area (Å²) in [5.41, 5.74) is -1.41. The van der Waals surface area contributed by atoms with Crippen molar-refractivity contribution in [1.29, 1.82) is 0 Å². The SMILES string of the molecule is Cc1cc(F)ccc1[C@H]1C[C@@H](SC(C)C)CCN1C(=O)N(C)CCc1cc(C(F)(F)F)cc(C(F)(F)F)c1. The Hall–Kier alpha value is -2.43. The lowest BCUT2D eigenvalue weighted by Gasteiger charge is -2.42. The summed E-state index contributed by atoms with van der Waals surface area (Å²) >= 11 is 1.81. The highest BCUT2D eigenvalue weighted by atomic mass is 32.2. The fraction of sp³-hybridized carbons (Fsp3) is 0.519. The summed E-state index contributed by atoms with van der Waals surface area (Å²) in [6, 6.07) is 5.18. The van der Waals surface area contributed by atoms with Crippen LogP contribution in [-0.2, 0) is 18.8 Å². The van der Waals surface area contributed by atoms with Crippen LogP contribution in [0, 0.1) is 12.7 Å². The summed E-state index contributed by atoms with van der Waals surface area (Å²) in [5, 5.41) is 0.665. The molecule has 1 aliphatic rings. The fourth-order valence-corrected chi connectivity index (χ4v) is 6.06. The molecular weight excluding hydrogens is 533 g/mol. The number of hydrogen-bond donors (Lipinski definition) is 0. The quantitative estimate of drug-likeness (QED) is 0.331. The Bertz CT molecular complexity index is 1100. The van der Waals surface area contributed by atoms with Gasteiger partial charge in [0.15, 0.2) is 0 Å². The van der Waals surface area contributed by atoms with E-state index in [1.54, 1.807) is 17.9 Å². The number of likely N-dealkylation sites (N-methyl/N-ethyl adjacent to an activating group) is 1. The van der Waals surface area contributed by atoms with Gasteiger partial charge in [-0.2, -0.15) is 38.1 Å².